The van der Waals surface area contributed by atoms with E-state index in [1.807, 2.05) is 49.6 Å². The first-order valence-electron chi connectivity index (χ1n) is 8.74. The van der Waals surface area contributed by atoms with Crippen LogP contribution in [0.1, 0.15) is 16.1 Å². The Hall–Kier alpha value is -3.38. The molecule has 27 heavy (non-hydrogen) atoms. The molecule has 3 heterocycles. The van der Waals surface area contributed by atoms with Crippen molar-refractivity contribution < 1.29 is 9.53 Å². The predicted octanol–water partition coefficient (Wildman–Crippen LogP) is 3.48. The van der Waals surface area contributed by atoms with E-state index in [9.17, 15) is 4.79 Å². The van der Waals surface area contributed by atoms with E-state index in [1.54, 1.807) is 12.1 Å². The minimum atomic E-state index is -0.0752. The molecule has 0 unspecified atom stereocenters. The fourth-order valence-corrected chi connectivity index (χ4v) is 3.74. The molecule has 1 aliphatic heterocycles. The van der Waals surface area contributed by atoms with E-state index in [1.165, 1.54) is 0 Å². The van der Waals surface area contributed by atoms with Gasteiger partial charge in [-0.1, -0.05) is 12.1 Å². The Morgan fingerprint density at radius 2 is 1.93 bits per heavy atom. The van der Waals surface area contributed by atoms with Crippen molar-refractivity contribution in [3.63, 3.8) is 0 Å². The van der Waals surface area contributed by atoms with E-state index >= 15 is 0 Å². The number of rotatable bonds is 2. The van der Waals surface area contributed by atoms with Gasteiger partial charge in [0.05, 0.1) is 30.4 Å². The molecule has 6 heteroatoms. The number of aromatic nitrogens is 2. The summed E-state index contributed by atoms with van der Waals surface area (Å²) in [6.45, 7) is 0.646. The third kappa shape index (κ3) is 2.45. The molecule has 0 bridgehead atoms. The van der Waals surface area contributed by atoms with Crippen LogP contribution in [-0.4, -0.2) is 35.0 Å². The van der Waals surface area contributed by atoms with Crippen LogP contribution in [0, 0.1) is 0 Å². The van der Waals surface area contributed by atoms with E-state index in [-0.39, 0.29) is 5.91 Å². The second kappa shape index (κ2) is 5.82. The van der Waals surface area contributed by atoms with Crippen LogP contribution >= 0.6 is 0 Å². The normalized spacial score (nSPS) is 14.4. The maximum absolute atomic E-state index is 12.5. The summed E-state index contributed by atoms with van der Waals surface area (Å²) in [7, 11) is 3.51. The highest BCUT2D eigenvalue weighted by Crippen LogP contribution is 2.33. The number of aromatic amines is 1. The highest BCUT2D eigenvalue weighted by atomic mass is 16.5. The fraction of sp³-hybridized carbons (Fsp3) is 0.143. The van der Waals surface area contributed by atoms with E-state index in [0.29, 0.717) is 6.54 Å². The van der Waals surface area contributed by atoms with Crippen LogP contribution in [-0.2, 0) is 6.54 Å². The highest BCUT2D eigenvalue weighted by Gasteiger charge is 2.25. The standard InChI is InChI=1S/C21H18N4O2/c1-25-11-18-19(21(26)24-25)15-8-5-13-10-22-17(9-16(13)20(15)23-18)12-3-6-14(27-2)7-4-12/h3-10,23H,11H2,1-2H3,(H,24,26). The molecule has 0 fully saturated rings. The summed E-state index contributed by atoms with van der Waals surface area (Å²) >= 11 is 0. The molecule has 2 aromatic heterocycles. The van der Waals surface area contributed by atoms with Gasteiger partial charge in [-0.2, -0.15) is 0 Å². The number of fused-ring (bicyclic) bond motifs is 5. The number of ether oxygens (including phenoxy) is 1. The third-order valence-electron chi connectivity index (χ3n) is 5.05. The number of amides is 1. The molecule has 1 amide bonds. The number of hydrogen-bond acceptors (Lipinski definition) is 4. The summed E-state index contributed by atoms with van der Waals surface area (Å²) in [4.78, 5) is 20.5. The van der Waals surface area contributed by atoms with Crippen molar-refractivity contribution >= 4 is 27.6 Å². The van der Waals surface area contributed by atoms with Gasteiger partial charge in [0.2, 0.25) is 0 Å². The van der Waals surface area contributed by atoms with Crippen LogP contribution < -0.4 is 10.2 Å². The van der Waals surface area contributed by atoms with Crippen molar-refractivity contribution in [2.45, 2.75) is 6.54 Å². The molecule has 2 aromatic carbocycles. The van der Waals surface area contributed by atoms with Crippen molar-refractivity contribution in [1.29, 1.82) is 0 Å². The summed E-state index contributed by atoms with van der Waals surface area (Å²) < 4.78 is 5.23. The first-order chi connectivity index (χ1) is 13.1. The first-order valence-corrected chi connectivity index (χ1v) is 8.74. The van der Waals surface area contributed by atoms with Gasteiger partial charge in [0.15, 0.2) is 0 Å². The molecule has 6 nitrogen and oxygen atoms in total. The molecular formula is C21H18N4O2. The lowest BCUT2D eigenvalue weighted by Crippen LogP contribution is -2.43. The molecule has 0 saturated carbocycles. The number of hydrazine groups is 1. The van der Waals surface area contributed by atoms with Gasteiger partial charge in [-0.25, -0.2) is 5.01 Å². The van der Waals surface area contributed by atoms with Gasteiger partial charge in [0.1, 0.15) is 5.75 Å². The maximum atomic E-state index is 12.5. The van der Waals surface area contributed by atoms with E-state index in [4.69, 9.17) is 4.74 Å². The molecule has 0 radical (unpaired) electrons. The number of H-pyrrole nitrogens is 1. The minimum absolute atomic E-state index is 0.0752. The van der Waals surface area contributed by atoms with Gasteiger partial charge in [-0.05, 0) is 30.3 Å². The van der Waals surface area contributed by atoms with Crippen molar-refractivity contribution in [2.24, 2.45) is 0 Å². The molecule has 1 aliphatic rings. The summed E-state index contributed by atoms with van der Waals surface area (Å²) in [6, 6.07) is 13.9. The molecule has 5 rings (SSSR count). The number of nitrogens with one attached hydrogen (secondary N) is 2. The van der Waals surface area contributed by atoms with Gasteiger partial charge >= 0.3 is 0 Å². The lowest BCUT2D eigenvalue weighted by Gasteiger charge is -2.22. The number of carbonyl (C=O) groups is 1. The van der Waals surface area contributed by atoms with Crippen LogP contribution in [0.3, 0.4) is 0 Å². The molecule has 4 aromatic rings. The molecular weight excluding hydrogens is 340 g/mol. The maximum Gasteiger partial charge on any atom is 0.268 e. The number of nitrogens with zero attached hydrogens (tertiary/aromatic N) is 2. The van der Waals surface area contributed by atoms with Gasteiger partial charge in [-0.15, -0.1) is 0 Å². The third-order valence-corrected chi connectivity index (χ3v) is 5.05. The average molecular weight is 358 g/mol. The zero-order valence-electron chi connectivity index (χ0n) is 15.0. The largest absolute Gasteiger partial charge is 0.497 e. The topological polar surface area (TPSA) is 70.2 Å². The van der Waals surface area contributed by atoms with E-state index in [0.717, 1.165) is 49.9 Å². The second-order valence-electron chi connectivity index (χ2n) is 6.78. The summed E-state index contributed by atoms with van der Waals surface area (Å²) in [5.41, 5.74) is 7.40. The lowest BCUT2D eigenvalue weighted by molar-refractivity contribution is 0.0786. The van der Waals surface area contributed by atoms with E-state index in [2.05, 4.69) is 21.5 Å². The smallest absolute Gasteiger partial charge is 0.268 e. The Morgan fingerprint density at radius 3 is 2.70 bits per heavy atom. The predicted molar refractivity (Wildman–Crippen MR) is 105 cm³/mol. The minimum Gasteiger partial charge on any atom is -0.497 e. The van der Waals surface area contributed by atoms with Crippen molar-refractivity contribution in [3.8, 4) is 17.0 Å². The second-order valence-corrected chi connectivity index (χ2v) is 6.78. The Labute approximate surface area is 155 Å². The number of methoxy groups -OCH3 is 1. The molecule has 0 atom stereocenters. The van der Waals surface area contributed by atoms with Crippen LogP contribution in [0.5, 0.6) is 5.75 Å². The van der Waals surface area contributed by atoms with Gasteiger partial charge in [-0.3, -0.25) is 15.2 Å². The molecule has 0 aliphatic carbocycles. The Morgan fingerprint density at radius 1 is 1.11 bits per heavy atom. The molecule has 0 spiro atoms. The number of pyridine rings is 1. The van der Waals surface area contributed by atoms with E-state index < -0.39 is 0 Å². The Bertz CT molecular complexity index is 1190. The van der Waals surface area contributed by atoms with Crippen molar-refractivity contribution in [1.82, 2.24) is 20.4 Å². The van der Waals surface area contributed by atoms with Crippen molar-refractivity contribution in [3.05, 3.63) is 59.9 Å². The molecule has 0 saturated heterocycles. The average Bonchev–Trinajstić information content (AvgIpc) is 3.06. The summed E-state index contributed by atoms with van der Waals surface area (Å²) in [5, 5.41) is 4.81. The van der Waals surface area contributed by atoms with Gasteiger partial charge in [0.25, 0.3) is 5.91 Å². The number of carbonyl (C=O) groups excluding carboxylic acids is 1. The zero-order valence-corrected chi connectivity index (χ0v) is 15.0. The van der Waals surface area contributed by atoms with Crippen LogP contribution in [0.2, 0.25) is 0 Å². The first kappa shape index (κ1) is 15.8. The quantitative estimate of drug-likeness (QED) is 0.576. The number of benzene rings is 2. The zero-order chi connectivity index (χ0) is 18.5. The van der Waals surface area contributed by atoms with Crippen LogP contribution in [0.15, 0.2) is 48.7 Å². The van der Waals surface area contributed by atoms with Crippen LogP contribution in [0.25, 0.3) is 32.9 Å². The SMILES string of the molecule is COc1ccc(-c2cc3c(ccc4c5c([nH]c43)CN(C)NC5=O)cn2)cc1. The number of hydrogen-bond donors (Lipinski definition) is 2. The summed E-state index contributed by atoms with van der Waals surface area (Å²) in [6.07, 6.45) is 1.88. The Balaban J connectivity index is 1.72. The fourth-order valence-electron chi connectivity index (χ4n) is 3.74. The monoisotopic (exact) mass is 358 g/mol. The summed E-state index contributed by atoms with van der Waals surface area (Å²) in [5.74, 6) is 0.739. The van der Waals surface area contributed by atoms with Crippen molar-refractivity contribution in [2.75, 3.05) is 14.2 Å². The van der Waals surface area contributed by atoms with Gasteiger partial charge < -0.3 is 9.72 Å². The van der Waals surface area contributed by atoms with Crippen LogP contribution in [0.4, 0.5) is 0 Å². The molecule has 134 valence electrons. The molecule has 2 N–H and O–H groups in total. The lowest BCUT2D eigenvalue weighted by atomic mass is 10.0. The Kier molecular flexibility index (Phi) is 3.42. The van der Waals surface area contributed by atoms with Gasteiger partial charge in [0, 0.05) is 40.7 Å². The highest BCUT2D eigenvalue weighted by molar-refractivity contribution is 6.15.